The molecule has 82 valence electrons. The maximum atomic E-state index is 4.10. The third kappa shape index (κ3) is 4.43. The molecule has 0 aromatic carbocycles. The van der Waals surface area contributed by atoms with Crippen LogP contribution in [-0.4, -0.2) is 18.1 Å². The standard InChI is InChI=1S/C13H20N2/c1(3-12-5-6-12)8-14-10-7-13-4-2-9-15-11-13/h2,4,9,11-12,14H,1,3,5-8,10H2. The molecule has 2 rings (SSSR count). The van der Waals surface area contributed by atoms with Gasteiger partial charge in [0.2, 0.25) is 0 Å². The molecule has 1 aromatic rings. The van der Waals surface area contributed by atoms with Crippen molar-refractivity contribution < 1.29 is 0 Å². The van der Waals surface area contributed by atoms with E-state index in [1.807, 2.05) is 18.5 Å². The summed E-state index contributed by atoms with van der Waals surface area (Å²) in [6.07, 6.45) is 10.6. The maximum Gasteiger partial charge on any atom is 0.0300 e. The summed E-state index contributed by atoms with van der Waals surface area (Å²) >= 11 is 0. The second-order valence-electron chi connectivity index (χ2n) is 4.45. The molecule has 15 heavy (non-hydrogen) atoms. The number of pyridine rings is 1. The highest BCUT2D eigenvalue weighted by Crippen LogP contribution is 2.33. The first-order valence-corrected chi connectivity index (χ1v) is 6.05. The van der Waals surface area contributed by atoms with Crippen molar-refractivity contribution in [1.29, 1.82) is 0 Å². The van der Waals surface area contributed by atoms with Gasteiger partial charge in [0.15, 0.2) is 0 Å². The minimum Gasteiger partial charge on any atom is -0.316 e. The van der Waals surface area contributed by atoms with Crippen LogP contribution in [0.25, 0.3) is 0 Å². The van der Waals surface area contributed by atoms with Crippen molar-refractivity contribution in [2.24, 2.45) is 5.92 Å². The number of hydrogen-bond acceptors (Lipinski definition) is 2. The molecule has 0 atom stereocenters. The molecule has 0 bridgehead atoms. The Kier molecular flexibility index (Phi) is 4.15. The SMILES string of the molecule is c1cncc(CCNCCCC2CC2)c1. The predicted molar refractivity (Wildman–Crippen MR) is 62.8 cm³/mol. The molecule has 2 nitrogen and oxygen atoms in total. The van der Waals surface area contributed by atoms with Gasteiger partial charge >= 0.3 is 0 Å². The Labute approximate surface area is 92.1 Å². The summed E-state index contributed by atoms with van der Waals surface area (Å²) in [6.45, 7) is 2.26. The lowest BCUT2D eigenvalue weighted by molar-refractivity contribution is 0.594. The number of aromatic nitrogens is 1. The van der Waals surface area contributed by atoms with Crippen molar-refractivity contribution in [3.63, 3.8) is 0 Å². The van der Waals surface area contributed by atoms with E-state index >= 15 is 0 Å². The average Bonchev–Trinajstić information content (AvgIpc) is 3.09. The van der Waals surface area contributed by atoms with E-state index in [0.717, 1.165) is 18.9 Å². The summed E-state index contributed by atoms with van der Waals surface area (Å²) < 4.78 is 0. The Hall–Kier alpha value is -0.890. The van der Waals surface area contributed by atoms with Gasteiger partial charge in [-0.3, -0.25) is 4.98 Å². The molecule has 2 heteroatoms. The number of nitrogens with zero attached hydrogens (tertiary/aromatic N) is 1. The molecule has 1 aromatic heterocycles. The minimum atomic E-state index is 1.07. The quantitative estimate of drug-likeness (QED) is 0.690. The van der Waals surface area contributed by atoms with Crippen LogP contribution in [0.1, 0.15) is 31.2 Å². The van der Waals surface area contributed by atoms with Gasteiger partial charge in [-0.1, -0.05) is 18.9 Å². The second kappa shape index (κ2) is 5.86. The Morgan fingerprint density at radius 1 is 1.33 bits per heavy atom. The van der Waals surface area contributed by atoms with E-state index in [1.165, 1.54) is 37.8 Å². The summed E-state index contributed by atoms with van der Waals surface area (Å²) in [4.78, 5) is 4.10. The molecule has 1 aliphatic rings. The van der Waals surface area contributed by atoms with Crippen molar-refractivity contribution in [3.05, 3.63) is 30.1 Å². The van der Waals surface area contributed by atoms with Crippen molar-refractivity contribution >= 4 is 0 Å². The second-order valence-corrected chi connectivity index (χ2v) is 4.45. The molecule has 0 radical (unpaired) electrons. The highest BCUT2D eigenvalue weighted by molar-refractivity contribution is 5.08. The zero-order valence-electron chi connectivity index (χ0n) is 9.28. The van der Waals surface area contributed by atoms with Gasteiger partial charge in [0.25, 0.3) is 0 Å². The van der Waals surface area contributed by atoms with Gasteiger partial charge < -0.3 is 5.32 Å². The van der Waals surface area contributed by atoms with Crippen molar-refractivity contribution in [1.82, 2.24) is 10.3 Å². The molecular weight excluding hydrogens is 184 g/mol. The van der Waals surface area contributed by atoms with Crippen molar-refractivity contribution in [2.45, 2.75) is 32.1 Å². The maximum absolute atomic E-state index is 4.10. The zero-order valence-corrected chi connectivity index (χ0v) is 9.28. The molecule has 0 saturated heterocycles. The zero-order chi connectivity index (χ0) is 10.3. The summed E-state index contributed by atoms with van der Waals surface area (Å²) in [5.41, 5.74) is 1.33. The Balaban J connectivity index is 1.47. The van der Waals surface area contributed by atoms with E-state index in [1.54, 1.807) is 0 Å². The monoisotopic (exact) mass is 204 g/mol. The lowest BCUT2D eigenvalue weighted by atomic mass is 10.2. The molecular formula is C13H20N2. The Bertz CT molecular complexity index is 267. The van der Waals surface area contributed by atoms with Crippen LogP contribution in [0.4, 0.5) is 0 Å². The van der Waals surface area contributed by atoms with Crippen LogP contribution in [0.2, 0.25) is 0 Å². The van der Waals surface area contributed by atoms with Crippen molar-refractivity contribution in [3.8, 4) is 0 Å². The molecule has 0 aliphatic heterocycles. The van der Waals surface area contributed by atoms with E-state index < -0.39 is 0 Å². The fourth-order valence-electron chi connectivity index (χ4n) is 1.83. The summed E-state index contributed by atoms with van der Waals surface area (Å²) in [5.74, 6) is 1.07. The van der Waals surface area contributed by atoms with E-state index in [-0.39, 0.29) is 0 Å². The van der Waals surface area contributed by atoms with Crippen LogP contribution in [-0.2, 0) is 6.42 Å². The van der Waals surface area contributed by atoms with Gasteiger partial charge in [0.1, 0.15) is 0 Å². The largest absolute Gasteiger partial charge is 0.316 e. The molecule has 0 unspecified atom stereocenters. The van der Waals surface area contributed by atoms with E-state index in [0.29, 0.717) is 0 Å². The lowest BCUT2D eigenvalue weighted by Gasteiger charge is -2.03. The highest BCUT2D eigenvalue weighted by Gasteiger charge is 2.19. The molecule has 0 spiro atoms. The third-order valence-electron chi connectivity index (χ3n) is 2.98. The number of rotatable bonds is 7. The van der Waals surface area contributed by atoms with Gasteiger partial charge in [0.05, 0.1) is 0 Å². The van der Waals surface area contributed by atoms with Crippen LogP contribution in [0.5, 0.6) is 0 Å². The van der Waals surface area contributed by atoms with Crippen molar-refractivity contribution in [2.75, 3.05) is 13.1 Å². The number of hydrogen-bond donors (Lipinski definition) is 1. The normalized spacial score (nSPS) is 15.5. The minimum absolute atomic E-state index is 1.07. The molecule has 1 fully saturated rings. The summed E-state index contributed by atoms with van der Waals surface area (Å²) in [6, 6.07) is 4.14. The van der Waals surface area contributed by atoms with E-state index in [2.05, 4.69) is 16.4 Å². The van der Waals surface area contributed by atoms with Crippen LogP contribution < -0.4 is 5.32 Å². The first-order valence-electron chi connectivity index (χ1n) is 6.05. The van der Waals surface area contributed by atoms with Gasteiger partial charge in [-0.25, -0.2) is 0 Å². The van der Waals surface area contributed by atoms with Gasteiger partial charge in [-0.05, 0) is 49.9 Å². The van der Waals surface area contributed by atoms with E-state index in [4.69, 9.17) is 0 Å². The fourth-order valence-corrected chi connectivity index (χ4v) is 1.83. The molecule has 0 amide bonds. The Morgan fingerprint density at radius 2 is 2.27 bits per heavy atom. The van der Waals surface area contributed by atoms with Crippen LogP contribution in [0.15, 0.2) is 24.5 Å². The first kappa shape index (κ1) is 10.6. The van der Waals surface area contributed by atoms with Crippen LogP contribution in [0.3, 0.4) is 0 Å². The smallest absolute Gasteiger partial charge is 0.0300 e. The number of nitrogens with one attached hydrogen (secondary N) is 1. The highest BCUT2D eigenvalue weighted by atomic mass is 14.8. The van der Waals surface area contributed by atoms with Gasteiger partial charge in [-0.2, -0.15) is 0 Å². The van der Waals surface area contributed by atoms with Crippen LogP contribution in [0, 0.1) is 5.92 Å². The van der Waals surface area contributed by atoms with Crippen LogP contribution >= 0.6 is 0 Å². The average molecular weight is 204 g/mol. The first-order chi connectivity index (χ1) is 7.45. The summed E-state index contributed by atoms with van der Waals surface area (Å²) in [7, 11) is 0. The molecule has 1 N–H and O–H groups in total. The lowest BCUT2D eigenvalue weighted by Crippen LogP contribution is -2.18. The topological polar surface area (TPSA) is 24.9 Å². The van der Waals surface area contributed by atoms with E-state index in [9.17, 15) is 0 Å². The third-order valence-corrected chi connectivity index (χ3v) is 2.98. The fraction of sp³-hybridized carbons (Fsp3) is 0.615. The molecule has 1 heterocycles. The molecule has 1 saturated carbocycles. The summed E-state index contributed by atoms with van der Waals surface area (Å²) in [5, 5.41) is 3.49. The predicted octanol–water partition coefficient (Wildman–Crippen LogP) is 2.40. The van der Waals surface area contributed by atoms with Gasteiger partial charge in [-0.15, -0.1) is 0 Å². The molecule has 1 aliphatic carbocycles. The Morgan fingerprint density at radius 3 is 3.00 bits per heavy atom. The van der Waals surface area contributed by atoms with Gasteiger partial charge in [0, 0.05) is 12.4 Å².